The highest BCUT2D eigenvalue weighted by molar-refractivity contribution is 5.95. The van der Waals surface area contributed by atoms with E-state index in [1.807, 2.05) is 11.0 Å². The van der Waals surface area contributed by atoms with Gasteiger partial charge in [-0.25, -0.2) is 9.59 Å². The molecule has 2 N–H and O–H groups in total. The minimum absolute atomic E-state index is 0.193. The second kappa shape index (κ2) is 9.61. The number of nitrogens with one attached hydrogen (secondary N) is 2. The van der Waals surface area contributed by atoms with Crippen LogP contribution in [0.15, 0.2) is 56.9 Å². The molecule has 1 aliphatic heterocycles. The van der Waals surface area contributed by atoms with Crippen molar-refractivity contribution in [1.29, 1.82) is 5.26 Å². The zero-order chi connectivity index (χ0) is 20.6. The molecule has 0 bridgehead atoms. The number of ether oxygens (including phenoxy) is 1. The van der Waals surface area contributed by atoms with E-state index in [1.165, 1.54) is 6.26 Å². The van der Waals surface area contributed by atoms with Gasteiger partial charge in [0.2, 0.25) is 0 Å². The molecule has 1 aliphatic rings. The fraction of sp³-hybridized carbons (Fsp3) is 0.350. The van der Waals surface area contributed by atoms with Crippen molar-refractivity contribution in [2.75, 3.05) is 19.7 Å². The number of carbonyl (C=O) groups is 2. The minimum Gasteiger partial charge on any atom is -0.468 e. The number of carbonyl (C=O) groups excluding carboxylic acids is 2. The summed E-state index contributed by atoms with van der Waals surface area (Å²) in [6.45, 7) is 2.99. The number of esters is 1. The van der Waals surface area contributed by atoms with Crippen molar-refractivity contribution < 1.29 is 23.2 Å². The number of hydrogen-bond acceptors (Lipinski definition) is 7. The summed E-state index contributed by atoms with van der Waals surface area (Å²) in [5, 5.41) is 14.4. The Balaban J connectivity index is 1.94. The Morgan fingerprint density at radius 2 is 2.07 bits per heavy atom. The molecule has 0 saturated heterocycles. The van der Waals surface area contributed by atoms with Crippen LogP contribution in [0.1, 0.15) is 30.9 Å². The average molecular weight is 398 g/mol. The van der Waals surface area contributed by atoms with Gasteiger partial charge in [-0.05, 0) is 31.2 Å². The van der Waals surface area contributed by atoms with Gasteiger partial charge in [0, 0.05) is 25.2 Å². The van der Waals surface area contributed by atoms with Gasteiger partial charge in [-0.2, -0.15) is 5.26 Å². The highest BCUT2D eigenvalue weighted by Gasteiger charge is 2.35. The third-order valence-electron chi connectivity index (χ3n) is 4.36. The highest BCUT2D eigenvalue weighted by Crippen LogP contribution is 2.28. The number of furan rings is 2. The van der Waals surface area contributed by atoms with E-state index < -0.39 is 18.0 Å². The van der Waals surface area contributed by atoms with Gasteiger partial charge in [0.1, 0.15) is 17.6 Å². The molecule has 0 fully saturated rings. The quantitative estimate of drug-likeness (QED) is 0.622. The summed E-state index contributed by atoms with van der Waals surface area (Å²) < 4.78 is 16.1. The third-order valence-corrected chi connectivity index (χ3v) is 4.36. The van der Waals surface area contributed by atoms with Gasteiger partial charge in [0.25, 0.3) is 0 Å². The standard InChI is InChI=1S/C20H22N4O5/c1-2-27-19(25)17-15(22-20(26)23-18(17)16-7-4-11-29-16)13-24(9-5-8-21)12-14-6-3-10-28-14/h3-4,6-7,10-11,18H,2,5,9,12-13H2,1H3,(H2,22,23,26). The second-order valence-electron chi connectivity index (χ2n) is 6.36. The molecule has 0 aliphatic carbocycles. The van der Waals surface area contributed by atoms with E-state index in [-0.39, 0.29) is 25.1 Å². The summed E-state index contributed by atoms with van der Waals surface area (Å²) in [4.78, 5) is 26.9. The lowest BCUT2D eigenvalue weighted by Gasteiger charge is -2.30. The Kier molecular flexibility index (Phi) is 6.71. The van der Waals surface area contributed by atoms with Crippen molar-refractivity contribution in [2.24, 2.45) is 0 Å². The zero-order valence-corrected chi connectivity index (χ0v) is 16.0. The average Bonchev–Trinajstić information content (AvgIpc) is 3.40. The van der Waals surface area contributed by atoms with Crippen LogP contribution in [0, 0.1) is 11.3 Å². The first-order valence-corrected chi connectivity index (χ1v) is 9.25. The highest BCUT2D eigenvalue weighted by atomic mass is 16.5. The predicted octanol–water partition coefficient (Wildman–Crippen LogP) is 2.46. The van der Waals surface area contributed by atoms with Crippen molar-refractivity contribution in [3.63, 3.8) is 0 Å². The molecule has 1 atom stereocenters. The van der Waals surface area contributed by atoms with Crippen molar-refractivity contribution >= 4 is 12.0 Å². The van der Waals surface area contributed by atoms with Crippen LogP contribution in [-0.4, -0.2) is 36.6 Å². The fourth-order valence-corrected chi connectivity index (χ4v) is 3.13. The van der Waals surface area contributed by atoms with Crippen LogP contribution in [0.25, 0.3) is 0 Å². The lowest BCUT2D eigenvalue weighted by molar-refractivity contribution is -0.139. The smallest absolute Gasteiger partial charge is 0.338 e. The SMILES string of the molecule is CCOC(=O)C1=C(CN(CCC#N)Cc2ccco2)NC(=O)NC1c1ccco1. The summed E-state index contributed by atoms with van der Waals surface area (Å²) in [7, 11) is 0. The maximum atomic E-state index is 12.7. The maximum absolute atomic E-state index is 12.7. The number of rotatable bonds is 9. The number of urea groups is 1. The molecular formula is C20H22N4O5. The van der Waals surface area contributed by atoms with E-state index in [2.05, 4.69) is 16.7 Å². The molecule has 2 aromatic rings. The summed E-state index contributed by atoms with van der Waals surface area (Å²) in [6.07, 6.45) is 3.33. The Labute approximate surface area is 167 Å². The van der Waals surface area contributed by atoms with Crippen molar-refractivity contribution in [2.45, 2.75) is 25.9 Å². The molecule has 0 spiro atoms. The summed E-state index contributed by atoms with van der Waals surface area (Å²) in [5.74, 6) is 0.591. The number of amides is 2. The molecule has 29 heavy (non-hydrogen) atoms. The number of hydrogen-bond donors (Lipinski definition) is 2. The van der Waals surface area contributed by atoms with Crippen LogP contribution in [0.4, 0.5) is 4.79 Å². The van der Waals surface area contributed by atoms with E-state index in [4.69, 9.17) is 18.8 Å². The van der Waals surface area contributed by atoms with Crippen LogP contribution >= 0.6 is 0 Å². The first kappa shape index (κ1) is 20.2. The molecule has 3 heterocycles. The van der Waals surface area contributed by atoms with Gasteiger partial charge >= 0.3 is 12.0 Å². The van der Waals surface area contributed by atoms with Crippen LogP contribution < -0.4 is 10.6 Å². The van der Waals surface area contributed by atoms with E-state index in [1.54, 1.807) is 31.4 Å². The zero-order valence-electron chi connectivity index (χ0n) is 16.0. The third kappa shape index (κ3) is 5.06. The molecule has 152 valence electrons. The second-order valence-corrected chi connectivity index (χ2v) is 6.36. The minimum atomic E-state index is -0.769. The number of nitriles is 1. The van der Waals surface area contributed by atoms with Crippen LogP contribution in [0.5, 0.6) is 0 Å². The normalized spacial score (nSPS) is 16.3. The molecule has 2 amide bonds. The molecule has 9 heteroatoms. The van der Waals surface area contributed by atoms with Gasteiger partial charge < -0.3 is 24.2 Å². The lowest BCUT2D eigenvalue weighted by Crippen LogP contribution is -2.48. The Hall–Kier alpha value is -3.51. The van der Waals surface area contributed by atoms with E-state index in [0.717, 1.165) is 0 Å². The Morgan fingerprint density at radius 3 is 2.72 bits per heavy atom. The molecule has 3 rings (SSSR count). The van der Waals surface area contributed by atoms with Crippen molar-refractivity contribution in [1.82, 2.24) is 15.5 Å². The lowest BCUT2D eigenvalue weighted by atomic mass is 9.99. The van der Waals surface area contributed by atoms with Crippen LogP contribution in [-0.2, 0) is 16.1 Å². The van der Waals surface area contributed by atoms with Gasteiger partial charge in [0.05, 0.1) is 37.3 Å². The Morgan fingerprint density at radius 1 is 1.28 bits per heavy atom. The molecule has 2 aromatic heterocycles. The predicted molar refractivity (Wildman–Crippen MR) is 101 cm³/mol. The van der Waals surface area contributed by atoms with Gasteiger partial charge in [-0.1, -0.05) is 0 Å². The molecular weight excluding hydrogens is 376 g/mol. The molecule has 1 unspecified atom stereocenters. The van der Waals surface area contributed by atoms with Crippen molar-refractivity contribution in [3.05, 3.63) is 59.6 Å². The van der Waals surface area contributed by atoms with Gasteiger partial charge in [-0.15, -0.1) is 0 Å². The monoisotopic (exact) mass is 398 g/mol. The molecule has 0 aromatic carbocycles. The topological polar surface area (TPSA) is 121 Å². The van der Waals surface area contributed by atoms with Gasteiger partial charge in [0.15, 0.2) is 0 Å². The van der Waals surface area contributed by atoms with Crippen molar-refractivity contribution in [3.8, 4) is 6.07 Å². The van der Waals surface area contributed by atoms with Gasteiger partial charge in [-0.3, -0.25) is 4.90 Å². The fourth-order valence-electron chi connectivity index (χ4n) is 3.13. The molecule has 0 radical (unpaired) electrons. The van der Waals surface area contributed by atoms with E-state index in [0.29, 0.717) is 30.3 Å². The maximum Gasteiger partial charge on any atom is 0.338 e. The van der Waals surface area contributed by atoms with Crippen LogP contribution in [0.2, 0.25) is 0 Å². The number of nitrogens with zero attached hydrogens (tertiary/aromatic N) is 2. The Bertz CT molecular complexity index is 896. The summed E-state index contributed by atoms with van der Waals surface area (Å²) >= 11 is 0. The first-order valence-electron chi connectivity index (χ1n) is 9.25. The summed E-state index contributed by atoms with van der Waals surface area (Å²) in [6, 6.07) is 7.86. The summed E-state index contributed by atoms with van der Waals surface area (Å²) in [5.41, 5.74) is 0.667. The van der Waals surface area contributed by atoms with E-state index >= 15 is 0 Å². The van der Waals surface area contributed by atoms with Crippen LogP contribution in [0.3, 0.4) is 0 Å². The molecule has 9 nitrogen and oxygen atoms in total. The first-order chi connectivity index (χ1) is 14.1. The molecule has 0 saturated carbocycles. The van der Waals surface area contributed by atoms with E-state index in [9.17, 15) is 9.59 Å². The largest absolute Gasteiger partial charge is 0.468 e.